The van der Waals surface area contributed by atoms with Crippen molar-refractivity contribution in [2.75, 3.05) is 5.75 Å². The molecule has 1 aromatic rings. The van der Waals surface area contributed by atoms with Crippen molar-refractivity contribution in [3.8, 4) is 5.75 Å². The fourth-order valence-electron chi connectivity index (χ4n) is 0.956. The van der Waals surface area contributed by atoms with Crippen molar-refractivity contribution in [1.82, 2.24) is 0 Å². The number of phenols is 1. The van der Waals surface area contributed by atoms with Gasteiger partial charge in [0.2, 0.25) is 0 Å². The lowest BCUT2D eigenvalue weighted by Crippen LogP contribution is -1.94. The Morgan fingerprint density at radius 3 is 2.50 bits per heavy atom. The van der Waals surface area contributed by atoms with Crippen LogP contribution in [-0.2, 0) is 4.79 Å². The Kier molecular flexibility index (Phi) is 4.32. The highest BCUT2D eigenvalue weighted by molar-refractivity contribution is 7.99. The monoisotopic (exact) mass is 212 g/mol. The van der Waals surface area contributed by atoms with Crippen LogP contribution in [0.4, 0.5) is 0 Å². The van der Waals surface area contributed by atoms with E-state index in [4.69, 9.17) is 10.2 Å². The molecule has 0 saturated carbocycles. The van der Waals surface area contributed by atoms with E-state index in [1.807, 2.05) is 12.1 Å². The molecule has 0 radical (unpaired) electrons. The van der Waals surface area contributed by atoms with E-state index in [0.29, 0.717) is 6.42 Å². The van der Waals surface area contributed by atoms with Crippen molar-refractivity contribution >= 4 is 17.7 Å². The van der Waals surface area contributed by atoms with Crippen LogP contribution in [0.3, 0.4) is 0 Å². The molecule has 0 heterocycles. The number of aromatic hydroxyl groups is 1. The molecule has 0 atom stereocenters. The third-order valence-corrected chi connectivity index (χ3v) is 2.74. The molecule has 76 valence electrons. The maximum Gasteiger partial charge on any atom is 0.303 e. The predicted molar refractivity (Wildman–Crippen MR) is 55.7 cm³/mol. The second-order valence-electron chi connectivity index (χ2n) is 2.84. The first kappa shape index (κ1) is 10.9. The molecule has 1 aromatic carbocycles. The number of rotatable bonds is 5. The molecule has 14 heavy (non-hydrogen) atoms. The standard InChI is InChI=1S/C10H12O3S/c11-8-3-5-9(6-4-8)14-7-1-2-10(12)13/h3-6,11H,1-2,7H2,(H,12,13). The Morgan fingerprint density at radius 2 is 1.93 bits per heavy atom. The summed E-state index contributed by atoms with van der Waals surface area (Å²) in [5.41, 5.74) is 0. The summed E-state index contributed by atoms with van der Waals surface area (Å²) < 4.78 is 0. The van der Waals surface area contributed by atoms with Crippen LogP contribution in [0.2, 0.25) is 0 Å². The Labute approximate surface area is 86.8 Å². The fourth-order valence-corrected chi connectivity index (χ4v) is 1.81. The highest BCUT2D eigenvalue weighted by Gasteiger charge is 1.98. The lowest BCUT2D eigenvalue weighted by molar-refractivity contribution is -0.137. The summed E-state index contributed by atoms with van der Waals surface area (Å²) in [6, 6.07) is 6.89. The molecule has 0 bridgehead atoms. The Morgan fingerprint density at radius 1 is 1.29 bits per heavy atom. The van der Waals surface area contributed by atoms with E-state index in [0.717, 1.165) is 10.6 Å². The first-order valence-corrected chi connectivity index (χ1v) is 5.30. The zero-order chi connectivity index (χ0) is 10.4. The maximum absolute atomic E-state index is 10.2. The lowest BCUT2D eigenvalue weighted by Gasteiger charge is -2.00. The average molecular weight is 212 g/mol. The molecular formula is C10H12O3S. The minimum atomic E-state index is -0.753. The van der Waals surface area contributed by atoms with Gasteiger partial charge in [-0.15, -0.1) is 11.8 Å². The normalized spacial score (nSPS) is 10.0. The molecule has 0 saturated heterocycles. The van der Waals surface area contributed by atoms with Gasteiger partial charge in [-0.05, 0) is 36.4 Å². The maximum atomic E-state index is 10.2. The Hall–Kier alpha value is -1.16. The van der Waals surface area contributed by atoms with Crippen LogP contribution >= 0.6 is 11.8 Å². The zero-order valence-electron chi connectivity index (χ0n) is 7.64. The van der Waals surface area contributed by atoms with E-state index in [2.05, 4.69) is 0 Å². The fraction of sp³-hybridized carbons (Fsp3) is 0.300. The smallest absolute Gasteiger partial charge is 0.303 e. The lowest BCUT2D eigenvalue weighted by atomic mass is 10.3. The van der Waals surface area contributed by atoms with Gasteiger partial charge >= 0.3 is 5.97 Å². The molecule has 0 aromatic heterocycles. The van der Waals surface area contributed by atoms with Crippen molar-refractivity contribution in [2.45, 2.75) is 17.7 Å². The molecule has 1 rings (SSSR count). The van der Waals surface area contributed by atoms with Crippen LogP contribution < -0.4 is 0 Å². The number of phenolic OH excluding ortho intramolecular Hbond substituents is 1. The molecule has 0 aliphatic rings. The van der Waals surface area contributed by atoms with E-state index < -0.39 is 5.97 Å². The number of carboxylic acid groups (broad SMARTS) is 1. The molecule has 0 aliphatic heterocycles. The van der Waals surface area contributed by atoms with Crippen molar-refractivity contribution in [3.05, 3.63) is 24.3 Å². The second-order valence-corrected chi connectivity index (χ2v) is 4.01. The Bertz CT molecular complexity index is 295. The minimum Gasteiger partial charge on any atom is -0.508 e. The van der Waals surface area contributed by atoms with Gasteiger partial charge in [-0.3, -0.25) is 4.79 Å². The summed E-state index contributed by atoms with van der Waals surface area (Å²) in [5, 5.41) is 17.4. The van der Waals surface area contributed by atoms with Crippen molar-refractivity contribution < 1.29 is 15.0 Å². The molecule has 3 nitrogen and oxygen atoms in total. The van der Waals surface area contributed by atoms with Crippen LogP contribution in [0.15, 0.2) is 29.2 Å². The van der Waals surface area contributed by atoms with Crippen LogP contribution in [0.25, 0.3) is 0 Å². The largest absolute Gasteiger partial charge is 0.508 e. The van der Waals surface area contributed by atoms with Gasteiger partial charge in [0.1, 0.15) is 5.75 Å². The summed E-state index contributed by atoms with van der Waals surface area (Å²) in [4.78, 5) is 11.3. The van der Waals surface area contributed by atoms with Crippen LogP contribution in [0.1, 0.15) is 12.8 Å². The number of carboxylic acids is 1. The first-order chi connectivity index (χ1) is 6.68. The van der Waals surface area contributed by atoms with E-state index in [-0.39, 0.29) is 12.2 Å². The second kappa shape index (κ2) is 5.54. The van der Waals surface area contributed by atoms with Crippen molar-refractivity contribution in [3.63, 3.8) is 0 Å². The highest BCUT2D eigenvalue weighted by atomic mass is 32.2. The summed E-state index contributed by atoms with van der Waals surface area (Å²) >= 11 is 1.60. The molecule has 0 fully saturated rings. The van der Waals surface area contributed by atoms with Crippen molar-refractivity contribution in [2.24, 2.45) is 0 Å². The third-order valence-electron chi connectivity index (χ3n) is 1.64. The number of benzene rings is 1. The van der Waals surface area contributed by atoms with Gasteiger partial charge < -0.3 is 10.2 Å². The molecular weight excluding hydrogens is 200 g/mol. The number of carbonyl (C=O) groups is 1. The number of hydrogen-bond acceptors (Lipinski definition) is 3. The summed E-state index contributed by atoms with van der Waals surface area (Å²) in [5.74, 6) is 0.285. The van der Waals surface area contributed by atoms with E-state index in [1.165, 1.54) is 0 Å². The topological polar surface area (TPSA) is 57.5 Å². The number of aliphatic carboxylic acids is 1. The van der Waals surface area contributed by atoms with Gasteiger partial charge in [0.25, 0.3) is 0 Å². The van der Waals surface area contributed by atoms with Gasteiger partial charge in [0, 0.05) is 11.3 Å². The molecule has 0 amide bonds. The summed E-state index contributed by atoms with van der Waals surface area (Å²) in [7, 11) is 0. The van der Waals surface area contributed by atoms with Crippen LogP contribution in [0, 0.1) is 0 Å². The summed E-state index contributed by atoms with van der Waals surface area (Å²) in [6.45, 7) is 0. The van der Waals surface area contributed by atoms with Gasteiger partial charge in [-0.1, -0.05) is 0 Å². The quantitative estimate of drug-likeness (QED) is 0.581. The van der Waals surface area contributed by atoms with Crippen LogP contribution in [-0.4, -0.2) is 21.9 Å². The number of thioether (sulfide) groups is 1. The van der Waals surface area contributed by atoms with Crippen molar-refractivity contribution in [1.29, 1.82) is 0 Å². The van der Waals surface area contributed by atoms with Crippen LogP contribution in [0.5, 0.6) is 5.75 Å². The molecule has 4 heteroatoms. The number of hydrogen-bond donors (Lipinski definition) is 2. The zero-order valence-corrected chi connectivity index (χ0v) is 8.46. The van der Waals surface area contributed by atoms with Gasteiger partial charge in [0.15, 0.2) is 0 Å². The van der Waals surface area contributed by atoms with Gasteiger partial charge in [-0.2, -0.15) is 0 Å². The molecule has 2 N–H and O–H groups in total. The first-order valence-electron chi connectivity index (χ1n) is 4.32. The van der Waals surface area contributed by atoms with Gasteiger partial charge in [-0.25, -0.2) is 0 Å². The molecule has 0 spiro atoms. The highest BCUT2D eigenvalue weighted by Crippen LogP contribution is 2.21. The average Bonchev–Trinajstić information content (AvgIpc) is 2.15. The molecule has 0 aliphatic carbocycles. The molecule has 0 unspecified atom stereocenters. The van der Waals surface area contributed by atoms with E-state index in [9.17, 15) is 4.79 Å². The summed E-state index contributed by atoms with van der Waals surface area (Å²) in [6.07, 6.45) is 0.881. The third kappa shape index (κ3) is 4.18. The van der Waals surface area contributed by atoms with E-state index >= 15 is 0 Å². The van der Waals surface area contributed by atoms with E-state index in [1.54, 1.807) is 23.9 Å². The minimum absolute atomic E-state index is 0.213. The Balaban J connectivity index is 2.25. The van der Waals surface area contributed by atoms with Gasteiger partial charge in [0.05, 0.1) is 0 Å². The predicted octanol–water partition coefficient (Wildman–Crippen LogP) is 2.35. The SMILES string of the molecule is O=C(O)CCCSc1ccc(O)cc1.